The molecule has 4 heterocycles. The Morgan fingerprint density at radius 1 is 1.28 bits per heavy atom. The molecule has 0 bridgehead atoms. The van der Waals surface area contributed by atoms with Gasteiger partial charge >= 0.3 is 0 Å². The van der Waals surface area contributed by atoms with Crippen LogP contribution in [0.2, 0.25) is 0 Å². The predicted molar refractivity (Wildman–Crippen MR) is 105 cm³/mol. The van der Waals surface area contributed by atoms with E-state index in [0.717, 1.165) is 13.1 Å². The second-order valence-electron chi connectivity index (χ2n) is 6.79. The van der Waals surface area contributed by atoms with Crippen LogP contribution in [0.15, 0.2) is 22.1 Å². The lowest BCUT2D eigenvalue weighted by Gasteiger charge is -2.25. The maximum Gasteiger partial charge on any atom is 0.253 e. The molecule has 1 saturated heterocycles. The van der Waals surface area contributed by atoms with Crippen LogP contribution in [0.1, 0.15) is 5.76 Å². The molecule has 0 aliphatic carbocycles. The van der Waals surface area contributed by atoms with E-state index in [-0.39, 0.29) is 11.5 Å². The van der Waals surface area contributed by atoms with Crippen LogP contribution < -0.4 is 4.74 Å². The summed E-state index contributed by atoms with van der Waals surface area (Å²) in [5, 5.41) is 10.6. The number of aromatic hydroxyl groups is 1. The Hall–Kier alpha value is -3.18. The number of rotatable bonds is 6. The van der Waals surface area contributed by atoms with Crippen molar-refractivity contribution in [2.24, 2.45) is 4.99 Å². The summed E-state index contributed by atoms with van der Waals surface area (Å²) in [5.74, 6) is 1.35. The summed E-state index contributed by atoms with van der Waals surface area (Å²) >= 11 is 0. The molecule has 0 unspecified atom stereocenters. The standard InChI is InChI=1S/C18H23N7O4/c1-23(2)10-22-16-13-17(20-9-19-16)25(11-21-13)18-15(27-3)14(26)12(29-18)8-24-4-6-28-7-5-24/h9-11,26H,4-8H2,1-3H3/b22-10+. The van der Waals surface area contributed by atoms with Gasteiger partial charge in [-0.25, -0.2) is 24.5 Å². The van der Waals surface area contributed by atoms with Gasteiger partial charge in [-0.1, -0.05) is 0 Å². The average Bonchev–Trinajstić information content (AvgIpc) is 3.28. The Kier molecular flexibility index (Phi) is 5.32. The van der Waals surface area contributed by atoms with Crippen molar-refractivity contribution in [2.45, 2.75) is 6.54 Å². The number of aromatic nitrogens is 4. The normalized spacial score (nSPS) is 15.4. The minimum atomic E-state index is -0.0317. The zero-order valence-corrected chi connectivity index (χ0v) is 16.6. The van der Waals surface area contributed by atoms with E-state index >= 15 is 0 Å². The molecule has 0 amide bonds. The van der Waals surface area contributed by atoms with Crippen LogP contribution in [-0.4, -0.2) is 88.3 Å². The van der Waals surface area contributed by atoms with Crippen molar-refractivity contribution in [3.63, 3.8) is 0 Å². The zero-order chi connectivity index (χ0) is 20.4. The minimum absolute atomic E-state index is 0.0317. The fourth-order valence-corrected chi connectivity index (χ4v) is 3.09. The Labute approximate surface area is 167 Å². The fourth-order valence-electron chi connectivity index (χ4n) is 3.09. The molecule has 1 aliphatic heterocycles. The van der Waals surface area contributed by atoms with Crippen molar-refractivity contribution in [3.05, 3.63) is 18.4 Å². The third-order valence-electron chi connectivity index (χ3n) is 4.51. The van der Waals surface area contributed by atoms with Crippen molar-refractivity contribution in [3.8, 4) is 17.4 Å². The van der Waals surface area contributed by atoms with Crippen molar-refractivity contribution in [1.29, 1.82) is 0 Å². The smallest absolute Gasteiger partial charge is 0.253 e. The highest BCUT2D eigenvalue weighted by Crippen LogP contribution is 2.41. The summed E-state index contributed by atoms with van der Waals surface area (Å²) in [6.07, 6.45) is 4.60. The van der Waals surface area contributed by atoms with Crippen molar-refractivity contribution in [1.82, 2.24) is 29.3 Å². The van der Waals surface area contributed by atoms with Gasteiger partial charge in [0.05, 0.1) is 33.2 Å². The topological polar surface area (TPSA) is 114 Å². The predicted octanol–water partition coefficient (Wildman–Crippen LogP) is 1.18. The molecular formula is C18H23N7O4. The first-order valence-electron chi connectivity index (χ1n) is 9.16. The summed E-state index contributed by atoms with van der Waals surface area (Å²) < 4.78 is 18.4. The highest BCUT2D eigenvalue weighted by molar-refractivity contribution is 5.84. The molecule has 0 radical (unpaired) electrons. The second kappa shape index (κ2) is 8.05. The van der Waals surface area contributed by atoms with Gasteiger partial charge in [0.2, 0.25) is 11.5 Å². The number of hydrogen-bond acceptors (Lipinski definition) is 9. The van der Waals surface area contributed by atoms with E-state index in [1.165, 1.54) is 13.4 Å². The molecule has 29 heavy (non-hydrogen) atoms. The van der Waals surface area contributed by atoms with Crippen LogP contribution in [0, 0.1) is 0 Å². The first-order chi connectivity index (χ1) is 14.1. The van der Waals surface area contributed by atoms with Crippen molar-refractivity contribution >= 4 is 23.3 Å². The molecule has 154 valence electrons. The molecule has 0 spiro atoms. The third-order valence-corrected chi connectivity index (χ3v) is 4.51. The first-order valence-corrected chi connectivity index (χ1v) is 9.16. The molecule has 3 aromatic heterocycles. The molecule has 1 aliphatic rings. The van der Waals surface area contributed by atoms with Crippen molar-refractivity contribution in [2.75, 3.05) is 47.5 Å². The number of nitrogens with zero attached hydrogens (tertiary/aromatic N) is 7. The van der Waals surface area contributed by atoms with E-state index in [4.69, 9.17) is 13.9 Å². The molecule has 1 N–H and O–H groups in total. The highest BCUT2D eigenvalue weighted by Gasteiger charge is 2.26. The number of furan rings is 1. The van der Waals surface area contributed by atoms with Crippen LogP contribution in [0.25, 0.3) is 17.0 Å². The average molecular weight is 401 g/mol. The van der Waals surface area contributed by atoms with Crippen molar-refractivity contribution < 1.29 is 19.0 Å². The number of imidazole rings is 1. The molecule has 3 aromatic rings. The van der Waals surface area contributed by atoms with E-state index in [2.05, 4.69) is 24.8 Å². The van der Waals surface area contributed by atoms with Crippen LogP contribution in [-0.2, 0) is 11.3 Å². The molecule has 11 heteroatoms. The lowest BCUT2D eigenvalue weighted by Crippen LogP contribution is -2.35. The molecule has 0 aromatic carbocycles. The molecule has 11 nitrogen and oxygen atoms in total. The minimum Gasteiger partial charge on any atom is -0.502 e. The summed E-state index contributed by atoms with van der Waals surface area (Å²) in [6, 6.07) is 0. The van der Waals surface area contributed by atoms with E-state index in [1.807, 2.05) is 14.1 Å². The van der Waals surface area contributed by atoms with Crippen LogP contribution in [0.5, 0.6) is 11.5 Å². The van der Waals surface area contributed by atoms with Gasteiger partial charge in [0.25, 0.3) is 5.88 Å². The summed E-state index contributed by atoms with van der Waals surface area (Å²) in [7, 11) is 5.22. The summed E-state index contributed by atoms with van der Waals surface area (Å²) in [5.41, 5.74) is 1.01. The van der Waals surface area contributed by atoms with Gasteiger partial charge in [-0.15, -0.1) is 0 Å². The molecule has 1 fully saturated rings. The number of fused-ring (bicyclic) bond motifs is 1. The quantitative estimate of drug-likeness (QED) is 0.480. The number of morpholine rings is 1. The molecule has 0 saturated carbocycles. The zero-order valence-electron chi connectivity index (χ0n) is 16.6. The van der Waals surface area contributed by atoms with Crippen LogP contribution in [0.4, 0.5) is 5.82 Å². The van der Waals surface area contributed by atoms with E-state index in [1.54, 1.807) is 22.1 Å². The van der Waals surface area contributed by atoms with Gasteiger partial charge in [0, 0.05) is 27.2 Å². The Morgan fingerprint density at radius 2 is 2.07 bits per heavy atom. The lowest BCUT2D eigenvalue weighted by molar-refractivity contribution is 0.0309. The van der Waals surface area contributed by atoms with Gasteiger partial charge in [-0.05, 0) is 0 Å². The molecule has 4 rings (SSSR count). The monoisotopic (exact) mass is 401 g/mol. The molecular weight excluding hydrogens is 378 g/mol. The molecule has 0 atom stereocenters. The first kappa shape index (κ1) is 19.2. The maximum atomic E-state index is 10.6. The third kappa shape index (κ3) is 3.74. The van der Waals surface area contributed by atoms with Gasteiger partial charge in [-0.3, -0.25) is 4.90 Å². The van der Waals surface area contributed by atoms with E-state index in [9.17, 15) is 5.11 Å². The summed E-state index contributed by atoms with van der Waals surface area (Å²) in [4.78, 5) is 21.2. The number of methoxy groups -OCH3 is 1. The maximum absolute atomic E-state index is 10.6. The fraction of sp³-hybridized carbons (Fsp3) is 0.444. The number of aliphatic imine (C=N–C) groups is 1. The highest BCUT2D eigenvalue weighted by atomic mass is 16.5. The lowest BCUT2D eigenvalue weighted by atomic mass is 10.3. The largest absolute Gasteiger partial charge is 0.502 e. The number of ether oxygens (including phenoxy) is 2. The Bertz CT molecular complexity index is 1020. The SMILES string of the molecule is COc1c(-n2cnc3c(/N=C/N(C)C)ncnc32)oc(CN2CCOCC2)c1O. The van der Waals surface area contributed by atoms with E-state index in [0.29, 0.717) is 48.4 Å². The van der Waals surface area contributed by atoms with Gasteiger partial charge in [0.15, 0.2) is 22.7 Å². The number of hydrogen-bond donors (Lipinski definition) is 1. The Morgan fingerprint density at radius 3 is 2.79 bits per heavy atom. The second-order valence-corrected chi connectivity index (χ2v) is 6.79. The van der Waals surface area contributed by atoms with Gasteiger partial charge in [-0.2, -0.15) is 0 Å². The summed E-state index contributed by atoms with van der Waals surface area (Å²) in [6.45, 7) is 3.31. The van der Waals surface area contributed by atoms with Gasteiger partial charge < -0.3 is 23.9 Å². The van der Waals surface area contributed by atoms with Crippen LogP contribution >= 0.6 is 0 Å². The van der Waals surface area contributed by atoms with Crippen LogP contribution in [0.3, 0.4) is 0 Å². The van der Waals surface area contributed by atoms with Gasteiger partial charge in [0.1, 0.15) is 12.7 Å². The Balaban J connectivity index is 1.73. The van der Waals surface area contributed by atoms with E-state index < -0.39 is 0 Å².